The maximum atomic E-state index is 13.5. The van der Waals surface area contributed by atoms with Gasteiger partial charge in [-0.05, 0) is 35.6 Å². The van der Waals surface area contributed by atoms with E-state index in [-0.39, 0.29) is 38.6 Å². The summed E-state index contributed by atoms with van der Waals surface area (Å²) in [6.07, 6.45) is -1.94. The smallest absolute Gasteiger partial charge is 0.408 e. The van der Waals surface area contributed by atoms with E-state index in [1.165, 1.54) is 7.11 Å². The van der Waals surface area contributed by atoms with Crippen molar-refractivity contribution >= 4 is 25.1 Å². The molecule has 204 valence electrons. The molecule has 3 unspecified atom stereocenters. The molecule has 1 amide bonds. The topological polar surface area (TPSA) is 114 Å². The molecule has 0 saturated heterocycles. The van der Waals surface area contributed by atoms with Crippen molar-refractivity contribution in [2.75, 3.05) is 13.3 Å². The lowest BCUT2D eigenvalue weighted by Gasteiger charge is -2.25. The average molecular weight is 562 g/mol. The number of hydrogen-bond donors (Lipinski definition) is 3. The number of methoxy groups -OCH3 is 1. The minimum Gasteiger partial charge on any atom is -0.495 e. The van der Waals surface area contributed by atoms with Crippen LogP contribution in [0.1, 0.15) is 29.5 Å². The molecular formula is C28H33ClNO7P. The number of carbonyl (C=O) groups is 1. The van der Waals surface area contributed by atoms with Crippen LogP contribution < -0.4 is 10.1 Å². The molecule has 8 nitrogen and oxygen atoms in total. The van der Waals surface area contributed by atoms with Gasteiger partial charge < -0.3 is 29.5 Å². The summed E-state index contributed by atoms with van der Waals surface area (Å²) in [5, 5.41) is 13.3. The maximum absolute atomic E-state index is 13.5. The molecule has 0 bridgehead atoms. The maximum Gasteiger partial charge on any atom is 0.408 e. The Labute approximate surface area is 228 Å². The second kappa shape index (κ2) is 14.9. The number of alkyl carbamates (subject to hydrolysis) is 1. The number of aliphatic hydroxyl groups is 1. The van der Waals surface area contributed by atoms with E-state index in [1.807, 2.05) is 48.5 Å². The zero-order valence-corrected chi connectivity index (χ0v) is 22.8. The number of rotatable bonds is 14. The van der Waals surface area contributed by atoms with Crippen LogP contribution in [0.2, 0.25) is 5.02 Å². The van der Waals surface area contributed by atoms with Crippen LogP contribution in [-0.4, -0.2) is 41.4 Å². The summed E-state index contributed by atoms with van der Waals surface area (Å²) in [7, 11) is -2.49. The molecule has 3 aromatic carbocycles. The van der Waals surface area contributed by atoms with E-state index in [0.717, 1.165) is 11.1 Å². The van der Waals surface area contributed by atoms with Gasteiger partial charge in [0.2, 0.25) is 7.37 Å². The predicted octanol–water partition coefficient (Wildman–Crippen LogP) is 5.73. The van der Waals surface area contributed by atoms with Gasteiger partial charge in [0.1, 0.15) is 18.1 Å². The van der Waals surface area contributed by atoms with E-state index in [4.69, 9.17) is 25.8 Å². The van der Waals surface area contributed by atoms with Gasteiger partial charge in [-0.1, -0.05) is 84.4 Å². The first-order valence-electron chi connectivity index (χ1n) is 12.2. The molecule has 3 atom stereocenters. The number of benzene rings is 3. The van der Waals surface area contributed by atoms with Gasteiger partial charge in [-0.25, -0.2) is 4.79 Å². The number of aryl methyl sites for hydroxylation is 1. The lowest BCUT2D eigenvalue weighted by Crippen LogP contribution is -2.36. The summed E-state index contributed by atoms with van der Waals surface area (Å²) in [6.45, 7) is 0.197. The van der Waals surface area contributed by atoms with Crippen molar-refractivity contribution in [3.63, 3.8) is 0 Å². The highest BCUT2D eigenvalue weighted by Gasteiger charge is 2.33. The average Bonchev–Trinajstić information content (AvgIpc) is 2.93. The summed E-state index contributed by atoms with van der Waals surface area (Å²) in [6, 6.07) is 23.6. The highest BCUT2D eigenvalue weighted by Crippen LogP contribution is 2.48. The molecule has 0 saturated carbocycles. The fourth-order valence-corrected chi connectivity index (χ4v) is 5.85. The number of halogens is 1. The molecule has 3 rings (SSSR count). The minimum atomic E-state index is -3.97. The Morgan fingerprint density at radius 1 is 0.947 bits per heavy atom. The monoisotopic (exact) mass is 561 g/mol. The van der Waals surface area contributed by atoms with E-state index in [0.29, 0.717) is 16.3 Å². The number of nitrogens with one attached hydrogen (secondary N) is 1. The SMILES string of the molecule is COc1c(Cl)cccc1CCP(=O)(O)C(CCC(O)OCc1ccccc1)NC(=O)OCc1ccccc1. The van der Waals surface area contributed by atoms with E-state index < -0.39 is 25.5 Å². The number of carbonyl (C=O) groups excluding carboxylic acids is 1. The van der Waals surface area contributed by atoms with Gasteiger partial charge in [0.15, 0.2) is 6.29 Å². The van der Waals surface area contributed by atoms with Crippen molar-refractivity contribution in [1.82, 2.24) is 5.32 Å². The second-order valence-corrected chi connectivity index (χ2v) is 11.7. The first-order valence-corrected chi connectivity index (χ1v) is 14.5. The molecule has 0 radical (unpaired) electrons. The van der Waals surface area contributed by atoms with Crippen LogP contribution >= 0.6 is 19.0 Å². The van der Waals surface area contributed by atoms with Gasteiger partial charge in [-0.2, -0.15) is 0 Å². The molecular weight excluding hydrogens is 529 g/mol. The Hall–Kier alpha value is -2.87. The molecule has 0 aliphatic carbocycles. The summed E-state index contributed by atoms with van der Waals surface area (Å²) in [5.74, 6) is -0.725. The fourth-order valence-electron chi connectivity index (χ4n) is 3.84. The Morgan fingerprint density at radius 2 is 1.58 bits per heavy atom. The van der Waals surface area contributed by atoms with E-state index in [9.17, 15) is 19.4 Å². The highest BCUT2D eigenvalue weighted by atomic mass is 35.5. The summed E-state index contributed by atoms with van der Waals surface area (Å²) in [5.41, 5.74) is 2.34. The van der Waals surface area contributed by atoms with Gasteiger partial charge in [-0.3, -0.25) is 4.57 Å². The third-order valence-electron chi connectivity index (χ3n) is 5.91. The molecule has 0 spiro atoms. The lowest BCUT2D eigenvalue weighted by molar-refractivity contribution is -0.112. The van der Waals surface area contributed by atoms with Crippen LogP contribution in [0, 0.1) is 0 Å². The third-order valence-corrected chi connectivity index (χ3v) is 8.43. The molecule has 0 fully saturated rings. The third kappa shape index (κ3) is 9.46. The van der Waals surface area contributed by atoms with Crippen molar-refractivity contribution in [1.29, 1.82) is 0 Å². The first-order chi connectivity index (χ1) is 18.3. The van der Waals surface area contributed by atoms with Crippen molar-refractivity contribution in [2.24, 2.45) is 0 Å². The number of para-hydroxylation sites is 1. The zero-order valence-electron chi connectivity index (χ0n) is 21.2. The van der Waals surface area contributed by atoms with Gasteiger partial charge in [0, 0.05) is 12.6 Å². The summed E-state index contributed by atoms with van der Waals surface area (Å²) in [4.78, 5) is 23.6. The van der Waals surface area contributed by atoms with Crippen LogP contribution in [0.25, 0.3) is 0 Å². The Morgan fingerprint density at radius 3 is 2.21 bits per heavy atom. The molecule has 38 heavy (non-hydrogen) atoms. The fraction of sp³-hybridized carbons (Fsp3) is 0.321. The quantitative estimate of drug-likeness (QED) is 0.170. The largest absolute Gasteiger partial charge is 0.495 e. The highest BCUT2D eigenvalue weighted by molar-refractivity contribution is 7.58. The Bertz CT molecular complexity index is 1200. The van der Waals surface area contributed by atoms with Crippen molar-refractivity contribution in [2.45, 2.75) is 44.5 Å². The zero-order chi connectivity index (χ0) is 27.4. The predicted molar refractivity (Wildman–Crippen MR) is 146 cm³/mol. The normalized spacial score (nSPS) is 14.2. The van der Waals surface area contributed by atoms with Gasteiger partial charge in [0.25, 0.3) is 0 Å². The van der Waals surface area contributed by atoms with Crippen LogP contribution in [0.15, 0.2) is 78.9 Å². The van der Waals surface area contributed by atoms with Crippen LogP contribution in [0.3, 0.4) is 0 Å². The lowest BCUT2D eigenvalue weighted by atomic mass is 10.1. The van der Waals surface area contributed by atoms with Gasteiger partial charge >= 0.3 is 6.09 Å². The molecule has 0 aliphatic rings. The first kappa shape index (κ1) is 29.7. The number of hydrogen-bond acceptors (Lipinski definition) is 6. The molecule has 0 aromatic heterocycles. The standard InChI is InChI=1S/C28H33ClNO7P/c1-35-27-23(13-8-14-24(27)29)17-18-38(33,34)25(30-28(32)37-20-22-11-6-3-7-12-22)15-16-26(31)36-19-21-9-4-2-5-10-21/h2-14,25-26,31H,15-20H2,1H3,(H,30,32)(H,33,34). The number of amides is 1. The molecule has 3 N–H and O–H groups in total. The van der Waals surface area contributed by atoms with E-state index in [1.54, 1.807) is 30.3 Å². The van der Waals surface area contributed by atoms with Crippen molar-refractivity contribution in [3.8, 4) is 5.75 Å². The van der Waals surface area contributed by atoms with Crippen LogP contribution in [0.4, 0.5) is 4.79 Å². The minimum absolute atomic E-state index is 0.00312. The van der Waals surface area contributed by atoms with E-state index in [2.05, 4.69) is 5.32 Å². The molecule has 0 heterocycles. The van der Waals surface area contributed by atoms with E-state index >= 15 is 0 Å². The van der Waals surface area contributed by atoms with Crippen LogP contribution in [0.5, 0.6) is 5.75 Å². The summed E-state index contributed by atoms with van der Waals surface area (Å²) < 4.78 is 29.6. The Kier molecular flexibility index (Phi) is 11.6. The molecule has 3 aromatic rings. The molecule has 10 heteroatoms. The number of ether oxygens (including phenoxy) is 3. The van der Waals surface area contributed by atoms with Gasteiger partial charge in [-0.15, -0.1) is 0 Å². The van der Waals surface area contributed by atoms with Gasteiger partial charge in [0.05, 0.1) is 18.7 Å². The number of aliphatic hydroxyl groups excluding tert-OH is 1. The van der Waals surface area contributed by atoms with Crippen molar-refractivity contribution < 1.29 is 33.6 Å². The molecule has 0 aliphatic heterocycles. The van der Waals surface area contributed by atoms with Crippen molar-refractivity contribution in [3.05, 3.63) is 101 Å². The van der Waals surface area contributed by atoms with Crippen LogP contribution in [-0.2, 0) is 33.7 Å². The Balaban J connectivity index is 1.64. The summed E-state index contributed by atoms with van der Waals surface area (Å²) >= 11 is 6.18. The second-order valence-electron chi connectivity index (χ2n) is 8.71.